The van der Waals surface area contributed by atoms with Gasteiger partial charge in [-0.2, -0.15) is 5.26 Å². The quantitative estimate of drug-likeness (QED) is 0.674. The van der Waals surface area contributed by atoms with Crippen molar-refractivity contribution in [1.29, 1.82) is 5.26 Å². The predicted octanol–water partition coefficient (Wildman–Crippen LogP) is 1.74. The summed E-state index contributed by atoms with van der Waals surface area (Å²) in [5, 5.41) is 9.04. The summed E-state index contributed by atoms with van der Waals surface area (Å²) in [6.07, 6.45) is 0. The van der Waals surface area contributed by atoms with E-state index in [0.29, 0.717) is 22.5 Å². The Morgan fingerprint density at radius 1 is 1.43 bits per heavy atom. The lowest BCUT2D eigenvalue weighted by Crippen LogP contribution is -2.33. The summed E-state index contributed by atoms with van der Waals surface area (Å²) in [5.41, 5.74) is 4.63. The molecule has 0 fully saturated rings. The SMILES string of the molecule is CCOC(=O)C(C)=C(C)Nn1c(C)cc(C)c(C#N)c1=O. The third-order valence-electron chi connectivity index (χ3n) is 3.12. The van der Waals surface area contributed by atoms with Crippen LogP contribution in [-0.2, 0) is 9.53 Å². The first-order valence-electron chi connectivity index (χ1n) is 6.58. The van der Waals surface area contributed by atoms with Gasteiger partial charge in [-0.3, -0.25) is 10.2 Å². The van der Waals surface area contributed by atoms with E-state index in [-0.39, 0.29) is 12.2 Å². The maximum absolute atomic E-state index is 12.2. The van der Waals surface area contributed by atoms with Crippen LogP contribution in [0.4, 0.5) is 0 Å². The summed E-state index contributed by atoms with van der Waals surface area (Å²) in [6, 6.07) is 3.63. The molecule has 112 valence electrons. The molecule has 6 nitrogen and oxygen atoms in total. The molecule has 1 aromatic heterocycles. The molecule has 21 heavy (non-hydrogen) atoms. The number of rotatable bonds is 4. The molecule has 6 heteroatoms. The summed E-state index contributed by atoms with van der Waals surface area (Å²) < 4.78 is 6.16. The highest BCUT2D eigenvalue weighted by Crippen LogP contribution is 2.08. The van der Waals surface area contributed by atoms with E-state index >= 15 is 0 Å². The van der Waals surface area contributed by atoms with Gasteiger partial charge in [-0.05, 0) is 46.2 Å². The first-order valence-corrected chi connectivity index (χ1v) is 6.58. The van der Waals surface area contributed by atoms with Crippen molar-refractivity contribution in [2.75, 3.05) is 12.0 Å². The van der Waals surface area contributed by atoms with E-state index in [1.807, 2.05) is 6.07 Å². The number of nitrogens with one attached hydrogen (secondary N) is 1. The van der Waals surface area contributed by atoms with Crippen molar-refractivity contribution in [3.8, 4) is 6.07 Å². The molecule has 0 amide bonds. The minimum atomic E-state index is -0.444. The van der Waals surface area contributed by atoms with Crippen molar-refractivity contribution in [3.05, 3.63) is 44.5 Å². The van der Waals surface area contributed by atoms with E-state index < -0.39 is 11.5 Å². The van der Waals surface area contributed by atoms with Crippen molar-refractivity contribution >= 4 is 5.97 Å². The van der Waals surface area contributed by atoms with Gasteiger partial charge in [-0.15, -0.1) is 0 Å². The lowest BCUT2D eigenvalue weighted by atomic mass is 10.1. The Bertz CT molecular complexity index is 693. The van der Waals surface area contributed by atoms with Gasteiger partial charge in [-0.25, -0.2) is 9.47 Å². The van der Waals surface area contributed by atoms with Gasteiger partial charge in [-0.1, -0.05) is 0 Å². The molecule has 0 aromatic carbocycles. The van der Waals surface area contributed by atoms with Crippen molar-refractivity contribution < 1.29 is 9.53 Å². The Morgan fingerprint density at radius 3 is 2.57 bits per heavy atom. The van der Waals surface area contributed by atoms with Crippen LogP contribution < -0.4 is 11.0 Å². The summed E-state index contributed by atoms with van der Waals surface area (Å²) in [4.78, 5) is 23.9. The van der Waals surface area contributed by atoms with Gasteiger partial charge in [0.25, 0.3) is 5.56 Å². The maximum Gasteiger partial charge on any atom is 0.335 e. The highest BCUT2D eigenvalue weighted by molar-refractivity contribution is 5.88. The Labute approximate surface area is 123 Å². The van der Waals surface area contributed by atoms with Crippen LogP contribution in [-0.4, -0.2) is 17.3 Å². The Kier molecular flexibility index (Phi) is 5.30. The fourth-order valence-electron chi connectivity index (χ4n) is 1.81. The van der Waals surface area contributed by atoms with Gasteiger partial charge >= 0.3 is 5.97 Å². The molecule has 0 saturated heterocycles. The van der Waals surface area contributed by atoms with Crippen LogP contribution in [0.15, 0.2) is 22.1 Å². The average Bonchev–Trinajstić information content (AvgIpc) is 2.42. The van der Waals surface area contributed by atoms with Crippen molar-refractivity contribution in [1.82, 2.24) is 4.68 Å². The zero-order valence-electron chi connectivity index (χ0n) is 12.9. The molecule has 0 saturated carbocycles. The molecule has 0 unspecified atom stereocenters. The summed E-state index contributed by atoms with van der Waals surface area (Å²) in [6.45, 7) is 8.75. The van der Waals surface area contributed by atoms with Crippen LogP contribution in [0, 0.1) is 25.2 Å². The number of carbonyl (C=O) groups is 1. The number of hydrogen-bond donors (Lipinski definition) is 1. The third kappa shape index (κ3) is 3.51. The number of hydrogen-bond acceptors (Lipinski definition) is 5. The van der Waals surface area contributed by atoms with Crippen LogP contribution in [0.25, 0.3) is 0 Å². The fourth-order valence-corrected chi connectivity index (χ4v) is 1.81. The summed E-state index contributed by atoms with van der Waals surface area (Å²) in [5.74, 6) is -0.444. The standard InChI is InChI=1S/C15H19N3O3/c1-6-21-15(20)11(4)12(5)17-18-10(3)7-9(2)13(8-16)14(18)19/h7,17H,6H2,1-5H3. The summed E-state index contributed by atoms with van der Waals surface area (Å²) in [7, 11) is 0. The molecule has 0 radical (unpaired) electrons. The molecule has 1 rings (SSSR count). The van der Waals surface area contributed by atoms with E-state index in [1.165, 1.54) is 4.68 Å². The lowest BCUT2D eigenvalue weighted by molar-refractivity contribution is -0.138. The summed E-state index contributed by atoms with van der Waals surface area (Å²) >= 11 is 0. The van der Waals surface area contributed by atoms with Crippen LogP contribution in [0.1, 0.15) is 37.6 Å². The molecule has 1 N–H and O–H groups in total. The van der Waals surface area contributed by atoms with Gasteiger partial charge in [0.1, 0.15) is 11.6 Å². The predicted molar refractivity (Wildman–Crippen MR) is 79.3 cm³/mol. The molecule has 0 aliphatic carbocycles. The molecule has 1 aromatic rings. The Hall–Kier alpha value is -2.55. The van der Waals surface area contributed by atoms with Crippen LogP contribution in [0.2, 0.25) is 0 Å². The van der Waals surface area contributed by atoms with Crippen LogP contribution in [0.3, 0.4) is 0 Å². The molecule has 0 spiro atoms. The monoisotopic (exact) mass is 289 g/mol. The molecular formula is C15H19N3O3. The van der Waals surface area contributed by atoms with E-state index in [2.05, 4.69) is 5.43 Å². The molecule has 0 aliphatic rings. The van der Waals surface area contributed by atoms with Crippen molar-refractivity contribution in [2.45, 2.75) is 34.6 Å². The van der Waals surface area contributed by atoms with Gasteiger partial charge in [0, 0.05) is 11.4 Å². The van der Waals surface area contributed by atoms with Gasteiger partial charge < -0.3 is 4.74 Å². The molecule has 1 heterocycles. The number of esters is 1. The average molecular weight is 289 g/mol. The second-order valence-electron chi connectivity index (χ2n) is 4.68. The Balaban J connectivity index is 3.27. The highest BCUT2D eigenvalue weighted by Gasteiger charge is 2.13. The minimum absolute atomic E-state index is 0.0784. The van der Waals surface area contributed by atoms with Gasteiger partial charge in [0.05, 0.1) is 12.2 Å². The largest absolute Gasteiger partial charge is 0.463 e. The Morgan fingerprint density at radius 2 is 2.05 bits per heavy atom. The first-order chi connectivity index (χ1) is 9.83. The molecule has 0 aliphatic heterocycles. The topological polar surface area (TPSA) is 84.1 Å². The van der Waals surface area contributed by atoms with E-state index in [4.69, 9.17) is 10.00 Å². The van der Waals surface area contributed by atoms with Crippen LogP contribution >= 0.6 is 0 Å². The zero-order chi connectivity index (χ0) is 16.2. The molecule has 0 bridgehead atoms. The smallest absolute Gasteiger partial charge is 0.335 e. The molecule has 0 atom stereocenters. The zero-order valence-corrected chi connectivity index (χ0v) is 12.9. The number of nitrogens with zero attached hydrogens (tertiary/aromatic N) is 2. The van der Waals surface area contributed by atoms with E-state index in [1.54, 1.807) is 40.7 Å². The number of aromatic nitrogens is 1. The van der Waals surface area contributed by atoms with Crippen molar-refractivity contribution in [2.24, 2.45) is 0 Å². The molecular weight excluding hydrogens is 270 g/mol. The van der Waals surface area contributed by atoms with Crippen LogP contribution in [0.5, 0.6) is 0 Å². The van der Waals surface area contributed by atoms with Gasteiger partial charge in [0.2, 0.25) is 0 Å². The first kappa shape index (κ1) is 16.5. The number of ether oxygens (including phenoxy) is 1. The highest BCUT2D eigenvalue weighted by atomic mass is 16.5. The number of allylic oxidation sites excluding steroid dienone is 1. The fraction of sp³-hybridized carbons (Fsp3) is 0.400. The third-order valence-corrected chi connectivity index (χ3v) is 3.12. The number of carbonyl (C=O) groups excluding carboxylic acids is 1. The van der Waals surface area contributed by atoms with Gasteiger partial charge in [0.15, 0.2) is 0 Å². The number of nitriles is 1. The number of aryl methyl sites for hydroxylation is 2. The normalized spacial score (nSPS) is 11.4. The maximum atomic E-state index is 12.2. The number of pyridine rings is 1. The second-order valence-corrected chi connectivity index (χ2v) is 4.68. The lowest BCUT2D eigenvalue weighted by Gasteiger charge is -2.16. The van der Waals surface area contributed by atoms with E-state index in [9.17, 15) is 9.59 Å². The minimum Gasteiger partial charge on any atom is -0.463 e. The van der Waals surface area contributed by atoms with Crippen molar-refractivity contribution in [3.63, 3.8) is 0 Å². The van der Waals surface area contributed by atoms with E-state index in [0.717, 1.165) is 0 Å². The second kappa shape index (κ2) is 6.75.